The highest BCUT2D eigenvalue weighted by Crippen LogP contribution is 1.96. The summed E-state index contributed by atoms with van der Waals surface area (Å²) in [6.45, 7) is 1.88. The van der Waals surface area contributed by atoms with Gasteiger partial charge >= 0.3 is 16.1 Å². The van der Waals surface area contributed by atoms with E-state index in [1.54, 1.807) is 6.08 Å². The molecule has 6 heteroatoms. The molecule has 0 aliphatic heterocycles. The van der Waals surface area contributed by atoms with Crippen LogP contribution in [0.1, 0.15) is 19.8 Å². The lowest BCUT2D eigenvalue weighted by Crippen LogP contribution is -2.20. The van der Waals surface area contributed by atoms with Gasteiger partial charge < -0.3 is 9.92 Å². The van der Waals surface area contributed by atoms with Crippen LogP contribution in [0.5, 0.6) is 0 Å². The van der Waals surface area contributed by atoms with E-state index in [1.165, 1.54) is 0 Å². The van der Waals surface area contributed by atoms with Crippen molar-refractivity contribution in [2.45, 2.75) is 19.8 Å². The van der Waals surface area contributed by atoms with Crippen LogP contribution in [-0.4, -0.2) is 26.7 Å². The Kier molecular flexibility index (Phi) is 6.14. The molecule has 0 radical (unpaired) electrons. The second-order valence-electron chi connectivity index (χ2n) is 2.64. The van der Waals surface area contributed by atoms with Crippen LogP contribution in [0, 0.1) is 0 Å². The van der Waals surface area contributed by atoms with E-state index in [0.29, 0.717) is 6.42 Å². The van der Waals surface area contributed by atoms with Crippen molar-refractivity contribution in [3.63, 3.8) is 0 Å². The number of rotatable bonds is 6. The monoisotopic (exact) mass is 221 g/mol. The van der Waals surface area contributed by atoms with E-state index in [9.17, 15) is 13.2 Å². The fraction of sp³-hybridized carbons (Fsp3) is 0.625. The van der Waals surface area contributed by atoms with E-state index in [4.69, 9.17) is 5.73 Å². The van der Waals surface area contributed by atoms with Crippen molar-refractivity contribution in [2.75, 3.05) is 12.3 Å². The normalized spacial score (nSPS) is 11.9. The van der Waals surface area contributed by atoms with Crippen molar-refractivity contribution >= 4 is 16.1 Å². The maximum Gasteiger partial charge on any atom is 0.346 e. The minimum atomic E-state index is -3.79. The van der Waals surface area contributed by atoms with Crippen LogP contribution in [0.3, 0.4) is 0 Å². The van der Waals surface area contributed by atoms with Crippen molar-refractivity contribution in [1.29, 1.82) is 0 Å². The van der Waals surface area contributed by atoms with Gasteiger partial charge in [-0.25, -0.2) is 4.79 Å². The van der Waals surface area contributed by atoms with E-state index in [1.807, 2.05) is 6.92 Å². The molecule has 0 aromatic rings. The Balaban J connectivity index is 4.06. The minimum Gasteiger partial charge on any atom is -0.342 e. The first-order chi connectivity index (χ1) is 6.52. The third kappa shape index (κ3) is 6.62. The van der Waals surface area contributed by atoms with Gasteiger partial charge in [-0.05, 0) is 6.42 Å². The quantitative estimate of drug-likeness (QED) is 0.510. The maximum absolute atomic E-state index is 10.9. The Morgan fingerprint density at radius 3 is 2.64 bits per heavy atom. The van der Waals surface area contributed by atoms with Crippen molar-refractivity contribution in [3.05, 3.63) is 12.2 Å². The Morgan fingerprint density at radius 2 is 2.14 bits per heavy atom. The molecule has 0 rings (SSSR count). The summed E-state index contributed by atoms with van der Waals surface area (Å²) >= 11 is 0. The molecule has 0 amide bonds. The highest BCUT2D eigenvalue weighted by atomic mass is 32.2. The van der Waals surface area contributed by atoms with E-state index in [2.05, 4.69) is 4.18 Å². The van der Waals surface area contributed by atoms with Gasteiger partial charge in [-0.1, -0.05) is 19.4 Å². The molecule has 0 fully saturated rings. The average Bonchev–Trinajstić information content (AvgIpc) is 2.03. The molecule has 0 aliphatic carbocycles. The first-order valence-electron chi connectivity index (χ1n) is 4.34. The lowest BCUT2D eigenvalue weighted by molar-refractivity contribution is -0.128. The Bertz CT molecular complexity index is 294. The zero-order valence-electron chi connectivity index (χ0n) is 8.10. The van der Waals surface area contributed by atoms with E-state index < -0.39 is 16.1 Å². The smallest absolute Gasteiger partial charge is 0.342 e. The van der Waals surface area contributed by atoms with Gasteiger partial charge in [0.25, 0.3) is 0 Å². The number of carbonyl (C=O) groups excluding carboxylic acids is 1. The first-order valence-corrected chi connectivity index (χ1v) is 5.92. The number of nitrogens with two attached hydrogens (primary N) is 1. The molecule has 0 spiro atoms. The van der Waals surface area contributed by atoms with Gasteiger partial charge in [0.05, 0.1) is 5.75 Å². The molecule has 2 N–H and O–H groups in total. The molecule has 0 atom stereocenters. The minimum absolute atomic E-state index is 0.0612. The van der Waals surface area contributed by atoms with Gasteiger partial charge in [0, 0.05) is 12.6 Å². The molecule has 0 bridgehead atoms. The largest absolute Gasteiger partial charge is 0.346 e. The lowest BCUT2D eigenvalue weighted by Gasteiger charge is -2.00. The summed E-state index contributed by atoms with van der Waals surface area (Å²) in [7, 11) is -3.79. The standard InChI is InChI=1S/C8H15NO4S/c1-2-3-4-5-8(10)13-14(11,12)7-6-9/h4-5H,2-3,6-7,9H2,1H3/b5-4+. The average molecular weight is 221 g/mol. The van der Waals surface area contributed by atoms with Crippen LogP contribution < -0.4 is 5.73 Å². The first kappa shape index (κ1) is 13.1. The van der Waals surface area contributed by atoms with Crippen LogP contribution in [-0.2, 0) is 19.1 Å². The Labute approximate surface area is 84.1 Å². The van der Waals surface area contributed by atoms with Gasteiger partial charge in [-0.15, -0.1) is 0 Å². The molecular formula is C8H15NO4S. The molecule has 0 aromatic heterocycles. The highest BCUT2D eigenvalue weighted by molar-refractivity contribution is 7.87. The topological polar surface area (TPSA) is 86.5 Å². The van der Waals surface area contributed by atoms with Gasteiger partial charge in [0.1, 0.15) is 0 Å². The summed E-state index contributed by atoms with van der Waals surface area (Å²) < 4.78 is 26.0. The molecule has 0 saturated heterocycles. The third-order valence-corrected chi connectivity index (χ3v) is 2.44. The summed E-state index contributed by atoms with van der Waals surface area (Å²) in [6, 6.07) is 0. The summed E-state index contributed by atoms with van der Waals surface area (Å²) in [4.78, 5) is 10.9. The van der Waals surface area contributed by atoms with Crippen LogP contribution >= 0.6 is 0 Å². The summed E-state index contributed by atoms with van der Waals surface area (Å²) in [5.74, 6) is -1.22. The van der Waals surface area contributed by atoms with Gasteiger partial charge in [0.15, 0.2) is 0 Å². The lowest BCUT2D eigenvalue weighted by atomic mass is 10.3. The fourth-order valence-corrected chi connectivity index (χ4v) is 1.36. The molecule has 0 heterocycles. The van der Waals surface area contributed by atoms with Crippen LogP contribution in [0.2, 0.25) is 0 Å². The fourth-order valence-electron chi connectivity index (χ4n) is 0.685. The van der Waals surface area contributed by atoms with Crippen LogP contribution in [0.25, 0.3) is 0 Å². The Morgan fingerprint density at radius 1 is 1.50 bits per heavy atom. The zero-order valence-corrected chi connectivity index (χ0v) is 8.92. The van der Waals surface area contributed by atoms with Crippen molar-refractivity contribution in [1.82, 2.24) is 0 Å². The Hall–Kier alpha value is -0.880. The molecule has 82 valence electrons. The van der Waals surface area contributed by atoms with Gasteiger partial charge in [-0.3, -0.25) is 0 Å². The maximum atomic E-state index is 10.9. The molecule has 5 nitrogen and oxygen atoms in total. The molecule has 14 heavy (non-hydrogen) atoms. The number of hydrogen-bond donors (Lipinski definition) is 1. The molecule has 0 saturated carbocycles. The number of unbranched alkanes of at least 4 members (excludes halogenated alkanes) is 1. The van der Waals surface area contributed by atoms with E-state index in [0.717, 1.165) is 12.5 Å². The SMILES string of the molecule is CCC/C=C/C(=O)OS(=O)(=O)CCN. The van der Waals surface area contributed by atoms with Gasteiger partial charge in [-0.2, -0.15) is 8.42 Å². The van der Waals surface area contributed by atoms with Crippen molar-refractivity contribution in [2.24, 2.45) is 5.73 Å². The predicted octanol–water partition coefficient (Wildman–Crippen LogP) is 0.174. The third-order valence-electron chi connectivity index (χ3n) is 1.29. The highest BCUT2D eigenvalue weighted by Gasteiger charge is 2.13. The van der Waals surface area contributed by atoms with Crippen LogP contribution in [0.4, 0.5) is 0 Å². The summed E-state index contributed by atoms with van der Waals surface area (Å²) in [5.41, 5.74) is 5.02. The van der Waals surface area contributed by atoms with Crippen molar-refractivity contribution in [3.8, 4) is 0 Å². The van der Waals surface area contributed by atoms with Crippen molar-refractivity contribution < 1.29 is 17.4 Å². The van der Waals surface area contributed by atoms with Crippen LogP contribution in [0.15, 0.2) is 12.2 Å². The molecular weight excluding hydrogens is 206 g/mol. The van der Waals surface area contributed by atoms with Gasteiger partial charge in [0.2, 0.25) is 0 Å². The predicted molar refractivity (Wildman–Crippen MR) is 53.0 cm³/mol. The molecule has 0 unspecified atom stereocenters. The number of allylic oxidation sites excluding steroid dienone is 1. The van der Waals surface area contributed by atoms with E-state index in [-0.39, 0.29) is 12.3 Å². The second-order valence-corrected chi connectivity index (χ2v) is 4.33. The number of hydrogen-bond acceptors (Lipinski definition) is 5. The zero-order chi connectivity index (χ0) is 11.0. The van der Waals surface area contributed by atoms with E-state index >= 15 is 0 Å². The number of carbonyl (C=O) groups is 1. The second kappa shape index (κ2) is 6.56. The summed E-state index contributed by atoms with van der Waals surface area (Å²) in [6.07, 6.45) is 4.28. The molecule has 0 aromatic carbocycles. The summed E-state index contributed by atoms with van der Waals surface area (Å²) in [5, 5.41) is 0. The molecule has 0 aliphatic rings.